The standard InChI is InChI=1S/C19H16N4O2/c1-11-10-25-19(24)23(11)13-6-7-16-14(9-13)18(22-21-16)17-8-12-4-2-3-5-15(12)20-17/h2-9,11,20H,10H2,1H3,(H,21,22). The van der Waals surface area contributed by atoms with Gasteiger partial charge in [-0.15, -0.1) is 0 Å². The fourth-order valence-corrected chi connectivity index (χ4v) is 3.43. The van der Waals surface area contributed by atoms with E-state index in [4.69, 9.17) is 4.74 Å². The molecule has 2 aromatic carbocycles. The first-order valence-electron chi connectivity index (χ1n) is 8.23. The Labute approximate surface area is 143 Å². The van der Waals surface area contributed by atoms with Crippen LogP contribution in [0.3, 0.4) is 0 Å². The molecule has 0 radical (unpaired) electrons. The molecule has 2 aromatic heterocycles. The molecular formula is C19H16N4O2. The van der Waals surface area contributed by atoms with Crippen LogP contribution in [0.25, 0.3) is 33.2 Å². The average molecular weight is 332 g/mol. The Balaban J connectivity index is 1.66. The number of cyclic esters (lactones) is 1. The quantitative estimate of drug-likeness (QED) is 0.581. The summed E-state index contributed by atoms with van der Waals surface area (Å²) in [5.74, 6) is 0. The molecule has 1 aliphatic rings. The summed E-state index contributed by atoms with van der Waals surface area (Å²) < 4.78 is 5.14. The highest BCUT2D eigenvalue weighted by Gasteiger charge is 2.31. The number of amides is 1. The molecule has 2 N–H and O–H groups in total. The molecule has 5 rings (SSSR count). The maximum atomic E-state index is 12.0. The van der Waals surface area contributed by atoms with Gasteiger partial charge in [-0.25, -0.2) is 4.79 Å². The van der Waals surface area contributed by atoms with Crippen LogP contribution in [0.2, 0.25) is 0 Å². The summed E-state index contributed by atoms with van der Waals surface area (Å²) in [6.07, 6.45) is -0.303. The summed E-state index contributed by atoms with van der Waals surface area (Å²) in [4.78, 5) is 17.1. The van der Waals surface area contributed by atoms with Crippen LogP contribution in [0.1, 0.15) is 6.92 Å². The van der Waals surface area contributed by atoms with Crippen LogP contribution in [0.4, 0.5) is 10.5 Å². The van der Waals surface area contributed by atoms with Gasteiger partial charge in [0, 0.05) is 22.0 Å². The third kappa shape index (κ3) is 2.11. The van der Waals surface area contributed by atoms with E-state index in [1.807, 2.05) is 43.3 Å². The predicted molar refractivity (Wildman–Crippen MR) is 96.7 cm³/mol. The Bertz CT molecular complexity index is 1080. The fraction of sp³-hybridized carbons (Fsp3) is 0.158. The number of nitrogens with zero attached hydrogens (tertiary/aromatic N) is 2. The number of rotatable bonds is 2. The van der Waals surface area contributed by atoms with Crippen LogP contribution in [-0.2, 0) is 4.74 Å². The number of aromatic amines is 2. The third-order valence-corrected chi connectivity index (χ3v) is 4.70. The van der Waals surface area contributed by atoms with Gasteiger partial charge in [-0.05, 0) is 37.3 Å². The SMILES string of the molecule is CC1COC(=O)N1c1ccc2[nH]nc(-c3cc4ccccc4[nH]3)c2c1. The number of anilines is 1. The summed E-state index contributed by atoms with van der Waals surface area (Å²) in [7, 11) is 0. The normalized spacial score (nSPS) is 17.6. The minimum absolute atomic E-state index is 0.0216. The van der Waals surface area contributed by atoms with Crippen molar-refractivity contribution in [2.24, 2.45) is 0 Å². The van der Waals surface area contributed by atoms with E-state index in [0.29, 0.717) is 6.61 Å². The van der Waals surface area contributed by atoms with E-state index in [9.17, 15) is 4.79 Å². The summed E-state index contributed by atoms with van der Waals surface area (Å²) >= 11 is 0. The first-order valence-corrected chi connectivity index (χ1v) is 8.23. The van der Waals surface area contributed by atoms with E-state index in [2.05, 4.69) is 27.3 Å². The molecule has 3 heterocycles. The average Bonchev–Trinajstić information content (AvgIpc) is 3.30. The largest absolute Gasteiger partial charge is 0.447 e. The molecule has 0 aliphatic carbocycles. The maximum Gasteiger partial charge on any atom is 0.414 e. The highest BCUT2D eigenvalue weighted by Crippen LogP contribution is 2.32. The molecule has 6 nitrogen and oxygen atoms in total. The summed E-state index contributed by atoms with van der Waals surface area (Å²) in [5, 5.41) is 9.65. The minimum atomic E-state index is -0.303. The third-order valence-electron chi connectivity index (χ3n) is 4.70. The number of H-pyrrole nitrogens is 2. The number of fused-ring (bicyclic) bond motifs is 2. The molecule has 1 aliphatic heterocycles. The van der Waals surface area contributed by atoms with Gasteiger partial charge in [0.2, 0.25) is 0 Å². The van der Waals surface area contributed by atoms with Gasteiger partial charge in [-0.2, -0.15) is 5.10 Å². The smallest absolute Gasteiger partial charge is 0.414 e. The van der Waals surface area contributed by atoms with E-state index in [-0.39, 0.29) is 12.1 Å². The van der Waals surface area contributed by atoms with Crippen LogP contribution < -0.4 is 4.90 Å². The zero-order valence-electron chi connectivity index (χ0n) is 13.6. The molecule has 0 saturated carbocycles. The van der Waals surface area contributed by atoms with Crippen molar-refractivity contribution in [2.45, 2.75) is 13.0 Å². The van der Waals surface area contributed by atoms with Crippen LogP contribution in [-0.4, -0.2) is 33.9 Å². The van der Waals surface area contributed by atoms with Crippen molar-refractivity contribution in [3.8, 4) is 11.4 Å². The minimum Gasteiger partial charge on any atom is -0.447 e. The fourth-order valence-electron chi connectivity index (χ4n) is 3.43. The van der Waals surface area contributed by atoms with Gasteiger partial charge in [0.05, 0.1) is 17.3 Å². The van der Waals surface area contributed by atoms with Crippen molar-refractivity contribution >= 4 is 33.6 Å². The van der Waals surface area contributed by atoms with Crippen LogP contribution in [0.5, 0.6) is 0 Å². The molecular weight excluding hydrogens is 316 g/mol. The highest BCUT2D eigenvalue weighted by atomic mass is 16.6. The number of carbonyl (C=O) groups is 1. The molecule has 6 heteroatoms. The van der Waals surface area contributed by atoms with Crippen molar-refractivity contribution in [3.05, 3.63) is 48.5 Å². The number of para-hydroxylation sites is 1. The van der Waals surface area contributed by atoms with Gasteiger partial charge in [0.15, 0.2) is 0 Å². The first-order chi connectivity index (χ1) is 12.2. The molecule has 1 fully saturated rings. The van der Waals surface area contributed by atoms with Crippen LogP contribution in [0, 0.1) is 0 Å². The van der Waals surface area contributed by atoms with Gasteiger partial charge < -0.3 is 9.72 Å². The maximum absolute atomic E-state index is 12.0. The Kier molecular flexibility index (Phi) is 2.88. The Morgan fingerprint density at radius 1 is 1.16 bits per heavy atom. The molecule has 124 valence electrons. The van der Waals surface area contributed by atoms with Crippen molar-refractivity contribution in [1.29, 1.82) is 0 Å². The molecule has 1 atom stereocenters. The number of benzene rings is 2. The molecule has 0 spiro atoms. The van der Waals surface area contributed by atoms with E-state index in [1.54, 1.807) is 4.90 Å². The van der Waals surface area contributed by atoms with Gasteiger partial charge in [0.1, 0.15) is 12.3 Å². The number of carbonyl (C=O) groups excluding carboxylic acids is 1. The zero-order chi connectivity index (χ0) is 17.0. The van der Waals surface area contributed by atoms with Crippen molar-refractivity contribution in [1.82, 2.24) is 15.2 Å². The van der Waals surface area contributed by atoms with Crippen molar-refractivity contribution < 1.29 is 9.53 Å². The van der Waals surface area contributed by atoms with E-state index < -0.39 is 0 Å². The molecule has 1 unspecified atom stereocenters. The van der Waals surface area contributed by atoms with E-state index in [1.165, 1.54) is 0 Å². The summed E-state index contributed by atoms with van der Waals surface area (Å²) in [5.41, 5.74) is 4.61. The lowest BCUT2D eigenvalue weighted by Crippen LogP contribution is -2.30. The van der Waals surface area contributed by atoms with Crippen LogP contribution in [0.15, 0.2) is 48.5 Å². The van der Waals surface area contributed by atoms with Crippen molar-refractivity contribution in [2.75, 3.05) is 11.5 Å². The van der Waals surface area contributed by atoms with Gasteiger partial charge in [-0.3, -0.25) is 10.00 Å². The highest BCUT2D eigenvalue weighted by molar-refractivity contribution is 5.99. The Hall–Kier alpha value is -3.28. The number of hydrogen-bond donors (Lipinski definition) is 2. The Morgan fingerprint density at radius 3 is 2.84 bits per heavy atom. The monoisotopic (exact) mass is 332 g/mol. The lowest BCUT2D eigenvalue weighted by Gasteiger charge is -2.18. The van der Waals surface area contributed by atoms with Crippen molar-refractivity contribution in [3.63, 3.8) is 0 Å². The molecule has 4 aromatic rings. The summed E-state index contributed by atoms with van der Waals surface area (Å²) in [6, 6.07) is 16.1. The Morgan fingerprint density at radius 2 is 2.04 bits per heavy atom. The van der Waals surface area contributed by atoms with Crippen LogP contribution >= 0.6 is 0 Å². The number of aromatic nitrogens is 3. The van der Waals surface area contributed by atoms with Gasteiger partial charge in [-0.1, -0.05) is 18.2 Å². The lowest BCUT2D eigenvalue weighted by molar-refractivity contribution is 0.179. The van der Waals surface area contributed by atoms with E-state index in [0.717, 1.165) is 38.9 Å². The first kappa shape index (κ1) is 14.1. The predicted octanol–water partition coefficient (Wildman–Crippen LogP) is 4.06. The van der Waals surface area contributed by atoms with E-state index >= 15 is 0 Å². The number of nitrogens with one attached hydrogen (secondary N) is 2. The lowest BCUT2D eigenvalue weighted by atomic mass is 10.1. The molecule has 1 saturated heterocycles. The molecule has 1 amide bonds. The van der Waals surface area contributed by atoms with Gasteiger partial charge in [0.25, 0.3) is 0 Å². The second-order valence-electron chi connectivity index (χ2n) is 6.37. The molecule has 25 heavy (non-hydrogen) atoms. The topological polar surface area (TPSA) is 74.0 Å². The number of ether oxygens (including phenoxy) is 1. The zero-order valence-corrected chi connectivity index (χ0v) is 13.6. The second-order valence-corrected chi connectivity index (χ2v) is 6.37. The summed E-state index contributed by atoms with van der Waals surface area (Å²) in [6.45, 7) is 2.39. The number of hydrogen-bond acceptors (Lipinski definition) is 3. The molecule has 0 bridgehead atoms. The second kappa shape index (κ2) is 5.11. The van der Waals surface area contributed by atoms with Gasteiger partial charge >= 0.3 is 6.09 Å².